The summed E-state index contributed by atoms with van der Waals surface area (Å²) in [7, 11) is 1.58. The largest absolute Gasteiger partial charge is 0.493 e. The zero-order valence-electron chi connectivity index (χ0n) is 24.0. The molecule has 1 aliphatic rings. The second-order valence-corrected chi connectivity index (χ2v) is 10.4. The van der Waals surface area contributed by atoms with Crippen LogP contribution in [-0.4, -0.2) is 76.7 Å². The molecule has 0 fully saturated rings. The first-order valence-corrected chi connectivity index (χ1v) is 13.8. The molecule has 220 valence electrons. The molecule has 0 spiro atoms. The Kier molecular flexibility index (Phi) is 9.99. The van der Waals surface area contributed by atoms with Gasteiger partial charge in [0, 0.05) is 43.7 Å². The standard InChI is InChI=1S/C29H38N6O6/c1-19(2)27-29(38)31-9-5-11-34-13-10-30-28(34)21-7-8-23(39-4)24(16-21)40-14-6-12-35(18-25(36)32-27)26(37)17-22-15-20(3)33-41-22/h7-8,10,13,15-16,19,27H,5-6,9,11-12,14,17-18H2,1-4H3,(H,31,38)(H,32,36)/t27-/m1/s1. The van der Waals surface area contributed by atoms with E-state index in [2.05, 4.69) is 20.8 Å². The van der Waals surface area contributed by atoms with Gasteiger partial charge in [0.2, 0.25) is 17.7 Å². The number of fused-ring (bicyclic) bond motifs is 4. The van der Waals surface area contributed by atoms with Gasteiger partial charge in [0.1, 0.15) is 17.6 Å². The molecule has 1 aromatic carbocycles. The number of imidazole rings is 1. The van der Waals surface area contributed by atoms with Crippen LogP contribution >= 0.6 is 0 Å². The minimum Gasteiger partial charge on any atom is -0.493 e. The van der Waals surface area contributed by atoms with Crippen LogP contribution in [0.2, 0.25) is 0 Å². The van der Waals surface area contributed by atoms with Gasteiger partial charge in [-0.25, -0.2) is 4.98 Å². The summed E-state index contributed by atoms with van der Waals surface area (Å²) in [6.07, 6.45) is 4.71. The van der Waals surface area contributed by atoms with Crippen LogP contribution < -0.4 is 20.1 Å². The maximum absolute atomic E-state index is 13.2. The summed E-state index contributed by atoms with van der Waals surface area (Å²) >= 11 is 0. The third kappa shape index (κ3) is 7.86. The Morgan fingerprint density at radius 3 is 2.76 bits per heavy atom. The first-order chi connectivity index (χ1) is 19.7. The molecule has 0 saturated heterocycles. The van der Waals surface area contributed by atoms with Crippen molar-refractivity contribution in [3.8, 4) is 22.9 Å². The van der Waals surface area contributed by atoms with E-state index in [1.165, 1.54) is 4.90 Å². The zero-order valence-corrected chi connectivity index (χ0v) is 24.0. The zero-order chi connectivity index (χ0) is 29.4. The molecule has 4 rings (SSSR count). The Labute approximate surface area is 239 Å². The summed E-state index contributed by atoms with van der Waals surface area (Å²) in [5, 5.41) is 9.60. The van der Waals surface area contributed by atoms with E-state index in [1.807, 2.05) is 42.8 Å². The molecule has 3 aromatic rings. The van der Waals surface area contributed by atoms with Gasteiger partial charge in [0.25, 0.3) is 0 Å². The number of amides is 3. The van der Waals surface area contributed by atoms with E-state index in [0.717, 1.165) is 11.4 Å². The molecule has 3 heterocycles. The molecule has 3 amide bonds. The Hall–Kier alpha value is -4.35. The summed E-state index contributed by atoms with van der Waals surface area (Å²) in [4.78, 5) is 45.3. The number of aromatic nitrogens is 3. The van der Waals surface area contributed by atoms with E-state index >= 15 is 0 Å². The molecular weight excluding hydrogens is 528 g/mol. The predicted molar refractivity (Wildman–Crippen MR) is 150 cm³/mol. The SMILES string of the molecule is COc1ccc2cc1OCCCN(C(=O)Cc1cc(C)no1)CC(=O)N[C@H](C(C)C)C(=O)NCCCn1ccnc1-2. The van der Waals surface area contributed by atoms with Gasteiger partial charge in [-0.3, -0.25) is 14.4 Å². The van der Waals surface area contributed by atoms with E-state index in [4.69, 9.17) is 14.0 Å². The molecule has 2 bridgehead atoms. The van der Waals surface area contributed by atoms with Crippen molar-refractivity contribution in [3.05, 3.63) is 48.1 Å². The normalized spacial score (nSPS) is 17.4. The number of carbonyl (C=O) groups excluding carboxylic acids is 3. The first-order valence-electron chi connectivity index (χ1n) is 13.8. The van der Waals surface area contributed by atoms with E-state index in [-0.39, 0.29) is 43.8 Å². The van der Waals surface area contributed by atoms with Gasteiger partial charge < -0.3 is 34.1 Å². The van der Waals surface area contributed by atoms with Crippen LogP contribution in [0.4, 0.5) is 0 Å². The molecule has 12 heteroatoms. The van der Waals surface area contributed by atoms with Gasteiger partial charge in [-0.1, -0.05) is 19.0 Å². The fourth-order valence-electron chi connectivity index (χ4n) is 4.67. The lowest BCUT2D eigenvalue weighted by Gasteiger charge is -2.25. The van der Waals surface area contributed by atoms with Gasteiger partial charge >= 0.3 is 0 Å². The van der Waals surface area contributed by atoms with E-state index in [9.17, 15) is 14.4 Å². The van der Waals surface area contributed by atoms with Crippen molar-refractivity contribution in [1.29, 1.82) is 0 Å². The van der Waals surface area contributed by atoms with Crippen molar-refractivity contribution < 1.29 is 28.4 Å². The topological polar surface area (TPSA) is 141 Å². The fourth-order valence-corrected chi connectivity index (χ4v) is 4.67. The Balaban J connectivity index is 1.57. The Bertz CT molecular complexity index is 1350. The molecule has 0 aliphatic carbocycles. The van der Waals surface area contributed by atoms with Gasteiger partial charge in [-0.15, -0.1) is 0 Å². The van der Waals surface area contributed by atoms with Crippen LogP contribution in [0.15, 0.2) is 41.2 Å². The van der Waals surface area contributed by atoms with Crippen molar-refractivity contribution in [1.82, 2.24) is 30.2 Å². The highest BCUT2D eigenvalue weighted by Crippen LogP contribution is 2.32. The molecule has 41 heavy (non-hydrogen) atoms. The number of aryl methyl sites for hydroxylation is 2. The molecule has 2 N–H and O–H groups in total. The lowest BCUT2D eigenvalue weighted by atomic mass is 10.0. The van der Waals surface area contributed by atoms with Crippen molar-refractivity contribution >= 4 is 17.7 Å². The first kappa shape index (κ1) is 29.6. The monoisotopic (exact) mass is 566 g/mol. The van der Waals surface area contributed by atoms with Crippen molar-refractivity contribution in [3.63, 3.8) is 0 Å². The third-order valence-electron chi connectivity index (χ3n) is 6.80. The van der Waals surface area contributed by atoms with Crippen LogP contribution in [-0.2, 0) is 27.3 Å². The molecule has 1 atom stereocenters. The van der Waals surface area contributed by atoms with E-state index in [1.54, 1.807) is 26.3 Å². The van der Waals surface area contributed by atoms with Crippen LogP contribution in [0.3, 0.4) is 0 Å². The number of carbonyl (C=O) groups is 3. The average Bonchev–Trinajstić information content (AvgIpc) is 3.58. The van der Waals surface area contributed by atoms with Crippen LogP contribution in [0.5, 0.6) is 11.5 Å². The highest BCUT2D eigenvalue weighted by atomic mass is 16.5. The maximum atomic E-state index is 13.2. The number of nitrogens with one attached hydrogen (secondary N) is 2. The number of ether oxygens (including phenoxy) is 2. The van der Waals surface area contributed by atoms with Crippen LogP contribution in [0.1, 0.15) is 38.1 Å². The van der Waals surface area contributed by atoms with Gasteiger partial charge in [-0.2, -0.15) is 0 Å². The van der Waals surface area contributed by atoms with Crippen LogP contribution in [0, 0.1) is 12.8 Å². The minimum absolute atomic E-state index is 0.0361. The minimum atomic E-state index is -0.737. The molecule has 0 radical (unpaired) electrons. The van der Waals surface area contributed by atoms with Crippen molar-refractivity contribution in [2.45, 2.75) is 52.6 Å². The molecule has 12 nitrogen and oxygen atoms in total. The average molecular weight is 567 g/mol. The summed E-state index contributed by atoms with van der Waals surface area (Å²) in [6, 6.07) is 6.58. The third-order valence-corrected chi connectivity index (χ3v) is 6.80. The van der Waals surface area contributed by atoms with E-state index < -0.39 is 11.9 Å². The quantitative estimate of drug-likeness (QED) is 0.491. The fraction of sp³-hybridized carbons (Fsp3) is 0.483. The molecule has 0 saturated carbocycles. The summed E-state index contributed by atoms with van der Waals surface area (Å²) in [6.45, 7) is 6.89. The number of hydrogen-bond donors (Lipinski definition) is 2. The number of rotatable bonds is 4. The second kappa shape index (κ2) is 13.8. The second-order valence-electron chi connectivity index (χ2n) is 10.4. The smallest absolute Gasteiger partial charge is 0.242 e. The van der Waals surface area contributed by atoms with Gasteiger partial charge in [-0.05, 0) is 43.9 Å². The van der Waals surface area contributed by atoms with Crippen molar-refractivity contribution in [2.75, 3.05) is 33.4 Å². The predicted octanol–water partition coefficient (Wildman–Crippen LogP) is 2.36. The molecule has 2 aromatic heterocycles. The lowest BCUT2D eigenvalue weighted by molar-refractivity contribution is -0.137. The number of benzene rings is 1. The molecule has 1 aliphatic heterocycles. The highest BCUT2D eigenvalue weighted by Gasteiger charge is 2.26. The highest BCUT2D eigenvalue weighted by molar-refractivity contribution is 5.90. The number of nitrogens with zero attached hydrogens (tertiary/aromatic N) is 4. The van der Waals surface area contributed by atoms with Gasteiger partial charge in [0.15, 0.2) is 11.5 Å². The molecular formula is C29H38N6O6. The summed E-state index contributed by atoms with van der Waals surface area (Å²) in [5.74, 6) is 1.19. The molecule has 0 unspecified atom stereocenters. The Morgan fingerprint density at radius 1 is 1.20 bits per heavy atom. The Morgan fingerprint density at radius 2 is 2.02 bits per heavy atom. The van der Waals surface area contributed by atoms with E-state index in [0.29, 0.717) is 48.9 Å². The number of hydrogen-bond acceptors (Lipinski definition) is 8. The van der Waals surface area contributed by atoms with Crippen molar-refractivity contribution in [2.24, 2.45) is 5.92 Å². The summed E-state index contributed by atoms with van der Waals surface area (Å²) in [5.41, 5.74) is 1.53. The van der Waals surface area contributed by atoms with Gasteiger partial charge in [0.05, 0.1) is 32.4 Å². The maximum Gasteiger partial charge on any atom is 0.242 e. The summed E-state index contributed by atoms with van der Waals surface area (Å²) < 4.78 is 18.8. The number of methoxy groups -OCH3 is 1. The lowest BCUT2D eigenvalue weighted by Crippen LogP contribution is -2.52. The van der Waals surface area contributed by atoms with Crippen LogP contribution in [0.25, 0.3) is 11.4 Å².